The number of benzene rings is 2. The van der Waals surface area contributed by atoms with E-state index in [1.54, 1.807) is 12.1 Å². The zero-order chi connectivity index (χ0) is 17.2. The van der Waals surface area contributed by atoms with Gasteiger partial charge in [-0.05, 0) is 18.2 Å². The third-order valence-electron chi connectivity index (χ3n) is 3.85. The number of aromatic hydroxyl groups is 1. The van der Waals surface area contributed by atoms with Crippen LogP contribution in [0.3, 0.4) is 0 Å². The second-order valence-electron chi connectivity index (χ2n) is 5.52. The van der Waals surface area contributed by atoms with Gasteiger partial charge >= 0.3 is 0 Å². The monoisotopic (exact) mass is 330 g/mol. The number of hydrogen-bond donors (Lipinski definition) is 2. The van der Waals surface area contributed by atoms with Crippen molar-refractivity contribution in [2.45, 2.75) is 0 Å². The molecule has 122 valence electrons. The van der Waals surface area contributed by atoms with Crippen molar-refractivity contribution in [3.05, 3.63) is 83.2 Å². The van der Waals surface area contributed by atoms with Crippen molar-refractivity contribution in [3.8, 4) is 34.1 Å². The van der Waals surface area contributed by atoms with Crippen molar-refractivity contribution >= 4 is 0 Å². The van der Waals surface area contributed by atoms with Crippen LogP contribution in [0.25, 0.3) is 28.2 Å². The van der Waals surface area contributed by atoms with Crippen LogP contribution in [0.1, 0.15) is 0 Å². The first-order valence-electron chi connectivity index (χ1n) is 7.72. The molecule has 6 heteroatoms. The van der Waals surface area contributed by atoms with Gasteiger partial charge in [-0.25, -0.2) is 9.78 Å². The van der Waals surface area contributed by atoms with E-state index in [9.17, 15) is 9.90 Å². The highest BCUT2D eigenvalue weighted by Gasteiger charge is 2.10. The highest BCUT2D eigenvalue weighted by atomic mass is 16.3. The Kier molecular flexibility index (Phi) is 3.63. The predicted molar refractivity (Wildman–Crippen MR) is 94.5 cm³/mol. The average Bonchev–Trinajstić information content (AvgIpc) is 3.05. The lowest BCUT2D eigenvalue weighted by Gasteiger charge is -2.02. The van der Waals surface area contributed by atoms with Crippen molar-refractivity contribution in [2.75, 3.05) is 0 Å². The molecular formula is C19H14N4O2. The van der Waals surface area contributed by atoms with Crippen LogP contribution in [0, 0.1) is 0 Å². The van der Waals surface area contributed by atoms with Crippen molar-refractivity contribution in [1.82, 2.24) is 20.0 Å². The maximum atomic E-state index is 11.1. The SMILES string of the molecule is O=c1ccc(-c2ccc(-c3cc(O)n(-c4ccccc4)n3)cc2)n[nH]1. The van der Waals surface area contributed by atoms with Crippen LogP contribution in [0.5, 0.6) is 5.88 Å². The minimum absolute atomic E-state index is 0.0765. The zero-order valence-electron chi connectivity index (χ0n) is 13.1. The lowest BCUT2D eigenvalue weighted by Crippen LogP contribution is -2.05. The summed E-state index contributed by atoms with van der Waals surface area (Å²) in [5.41, 5.74) is 3.67. The first kappa shape index (κ1) is 14.9. The molecule has 0 unspecified atom stereocenters. The molecule has 4 rings (SSSR count). The Morgan fingerprint density at radius 3 is 2.16 bits per heavy atom. The maximum Gasteiger partial charge on any atom is 0.264 e. The number of aromatic amines is 1. The summed E-state index contributed by atoms with van der Waals surface area (Å²) in [5, 5.41) is 21.1. The molecule has 0 aliphatic rings. The van der Waals surface area contributed by atoms with Gasteiger partial charge in [-0.3, -0.25) is 4.79 Å². The van der Waals surface area contributed by atoms with Crippen LogP contribution in [0.15, 0.2) is 77.6 Å². The Labute approximate surface area is 143 Å². The molecule has 0 aliphatic carbocycles. The van der Waals surface area contributed by atoms with Gasteiger partial charge in [0.1, 0.15) is 0 Å². The molecule has 25 heavy (non-hydrogen) atoms. The summed E-state index contributed by atoms with van der Waals surface area (Å²) < 4.78 is 1.49. The van der Waals surface area contributed by atoms with E-state index in [-0.39, 0.29) is 11.4 Å². The molecule has 2 heterocycles. The summed E-state index contributed by atoms with van der Waals surface area (Å²) in [6.45, 7) is 0. The Balaban J connectivity index is 1.67. The standard InChI is InChI=1S/C19H14N4O2/c24-18-11-10-16(20-21-18)13-6-8-14(9-7-13)17-12-19(25)23(22-17)15-4-2-1-3-5-15/h1-12,25H,(H,21,24). The summed E-state index contributed by atoms with van der Waals surface area (Å²) in [7, 11) is 0. The second-order valence-corrected chi connectivity index (χ2v) is 5.52. The van der Waals surface area contributed by atoms with E-state index < -0.39 is 0 Å². The number of nitrogens with one attached hydrogen (secondary N) is 1. The summed E-state index contributed by atoms with van der Waals surface area (Å²) in [5.74, 6) is 0.0765. The second kappa shape index (κ2) is 6.09. The van der Waals surface area contributed by atoms with E-state index in [0.717, 1.165) is 16.8 Å². The number of para-hydroxylation sites is 1. The molecule has 6 nitrogen and oxygen atoms in total. The Hall–Kier alpha value is -3.67. The van der Waals surface area contributed by atoms with Crippen LogP contribution < -0.4 is 5.56 Å². The topological polar surface area (TPSA) is 83.8 Å². The van der Waals surface area contributed by atoms with Gasteiger partial charge in [-0.2, -0.15) is 10.2 Å². The molecule has 4 aromatic rings. The van der Waals surface area contributed by atoms with Gasteiger partial charge in [0.05, 0.1) is 17.1 Å². The molecule has 2 N–H and O–H groups in total. The Morgan fingerprint density at radius 2 is 1.52 bits per heavy atom. The molecule has 2 aromatic carbocycles. The molecule has 0 saturated heterocycles. The lowest BCUT2D eigenvalue weighted by molar-refractivity contribution is 0.433. The van der Waals surface area contributed by atoms with Gasteiger partial charge in [0.25, 0.3) is 5.56 Å². The smallest absolute Gasteiger partial charge is 0.264 e. The van der Waals surface area contributed by atoms with Crippen LogP contribution in [-0.4, -0.2) is 25.1 Å². The lowest BCUT2D eigenvalue weighted by atomic mass is 10.1. The largest absolute Gasteiger partial charge is 0.493 e. The molecule has 0 bridgehead atoms. The zero-order valence-corrected chi connectivity index (χ0v) is 13.1. The van der Waals surface area contributed by atoms with Gasteiger partial charge < -0.3 is 5.11 Å². The molecule has 0 radical (unpaired) electrons. The van der Waals surface area contributed by atoms with E-state index in [2.05, 4.69) is 15.3 Å². The normalized spacial score (nSPS) is 10.7. The fraction of sp³-hybridized carbons (Fsp3) is 0. The van der Waals surface area contributed by atoms with Crippen LogP contribution in [0.2, 0.25) is 0 Å². The third-order valence-corrected chi connectivity index (χ3v) is 3.85. The predicted octanol–water partition coefficient (Wildman–Crippen LogP) is 3.00. The van der Waals surface area contributed by atoms with Gasteiger partial charge in [0.15, 0.2) is 0 Å². The molecule has 0 saturated carbocycles. The minimum Gasteiger partial charge on any atom is -0.493 e. The molecule has 0 atom stereocenters. The van der Waals surface area contributed by atoms with Gasteiger partial charge in [-0.1, -0.05) is 42.5 Å². The Bertz CT molecular complexity index is 1050. The Morgan fingerprint density at radius 1 is 0.840 bits per heavy atom. The van der Waals surface area contributed by atoms with E-state index in [1.165, 1.54) is 10.7 Å². The van der Waals surface area contributed by atoms with Gasteiger partial charge in [-0.15, -0.1) is 0 Å². The van der Waals surface area contributed by atoms with E-state index in [1.807, 2.05) is 54.6 Å². The van der Waals surface area contributed by atoms with E-state index in [0.29, 0.717) is 11.4 Å². The molecule has 0 amide bonds. The summed E-state index contributed by atoms with van der Waals surface area (Å²) >= 11 is 0. The number of rotatable bonds is 3. The fourth-order valence-electron chi connectivity index (χ4n) is 2.59. The van der Waals surface area contributed by atoms with Crippen molar-refractivity contribution in [3.63, 3.8) is 0 Å². The first-order valence-corrected chi connectivity index (χ1v) is 7.72. The number of aromatic nitrogens is 4. The highest BCUT2D eigenvalue weighted by molar-refractivity contribution is 5.67. The summed E-state index contributed by atoms with van der Waals surface area (Å²) in [6, 6.07) is 21.8. The van der Waals surface area contributed by atoms with Crippen molar-refractivity contribution in [2.24, 2.45) is 0 Å². The molecule has 0 fully saturated rings. The molecular weight excluding hydrogens is 316 g/mol. The fourth-order valence-corrected chi connectivity index (χ4v) is 2.59. The summed E-state index contributed by atoms with van der Waals surface area (Å²) in [4.78, 5) is 11.1. The van der Waals surface area contributed by atoms with Crippen LogP contribution in [-0.2, 0) is 0 Å². The molecule has 2 aromatic heterocycles. The maximum absolute atomic E-state index is 11.1. The number of H-pyrrole nitrogens is 1. The van der Waals surface area contributed by atoms with Gasteiger partial charge in [0.2, 0.25) is 5.88 Å². The summed E-state index contributed by atoms with van der Waals surface area (Å²) in [6.07, 6.45) is 0. The number of nitrogens with zero attached hydrogens (tertiary/aromatic N) is 3. The van der Waals surface area contributed by atoms with Crippen LogP contribution >= 0.6 is 0 Å². The van der Waals surface area contributed by atoms with E-state index in [4.69, 9.17) is 0 Å². The molecule has 0 aliphatic heterocycles. The van der Waals surface area contributed by atoms with E-state index >= 15 is 0 Å². The average molecular weight is 330 g/mol. The molecule has 0 spiro atoms. The highest BCUT2D eigenvalue weighted by Crippen LogP contribution is 2.27. The quantitative estimate of drug-likeness (QED) is 0.605. The minimum atomic E-state index is -0.234. The first-order chi connectivity index (χ1) is 12.2. The van der Waals surface area contributed by atoms with Crippen molar-refractivity contribution in [1.29, 1.82) is 0 Å². The van der Waals surface area contributed by atoms with Crippen molar-refractivity contribution < 1.29 is 5.11 Å². The number of hydrogen-bond acceptors (Lipinski definition) is 4. The van der Waals surface area contributed by atoms with Crippen LogP contribution in [0.4, 0.5) is 0 Å². The van der Waals surface area contributed by atoms with Gasteiger partial charge in [0, 0.05) is 23.3 Å². The third kappa shape index (κ3) is 2.92.